The maximum absolute atomic E-state index is 13.7. The molecule has 1 saturated carbocycles. The van der Waals surface area contributed by atoms with Gasteiger partial charge in [-0.25, -0.2) is 0 Å². The molecule has 5 heteroatoms. The van der Waals surface area contributed by atoms with Crippen LogP contribution in [0.5, 0.6) is 5.75 Å². The van der Waals surface area contributed by atoms with Crippen LogP contribution in [0.2, 0.25) is 0 Å². The van der Waals surface area contributed by atoms with Crippen molar-refractivity contribution < 1.29 is 14.6 Å². The summed E-state index contributed by atoms with van der Waals surface area (Å²) in [4.78, 5) is 18.1. The zero-order valence-electron chi connectivity index (χ0n) is 24.0. The molecule has 5 nitrogen and oxygen atoms in total. The summed E-state index contributed by atoms with van der Waals surface area (Å²) in [6.07, 6.45) is 8.04. The molecule has 2 fully saturated rings. The molecule has 0 spiro atoms. The highest BCUT2D eigenvalue weighted by Crippen LogP contribution is 2.52. The monoisotopic (exact) mass is 520 g/mol. The summed E-state index contributed by atoms with van der Waals surface area (Å²) in [5.41, 5.74) is 1.32. The van der Waals surface area contributed by atoms with E-state index in [1.807, 2.05) is 12.1 Å². The van der Waals surface area contributed by atoms with E-state index in [1.165, 1.54) is 5.56 Å². The standard InChI is InChI=1S/C33H48N2O3/c1-26(2)24-35(31(36)17-10-6-9-14-27-12-7-5-8-13-27)29-18-19-33(37)25-34(3)21-20-32(33,23-29)28-15-11-16-30(22-28)38-4/h5,7-8,11-13,15-16,22,26,29,37H,6,9-10,14,17-21,23-25H2,1-4H3. The second-order valence-electron chi connectivity index (χ2n) is 12.2. The minimum atomic E-state index is -0.813. The Morgan fingerprint density at radius 1 is 1.11 bits per heavy atom. The normalized spacial score (nSPS) is 25.7. The maximum atomic E-state index is 13.7. The van der Waals surface area contributed by atoms with Crippen LogP contribution in [0.15, 0.2) is 54.6 Å². The smallest absolute Gasteiger partial charge is 0.222 e. The van der Waals surface area contributed by atoms with Gasteiger partial charge in [0, 0.05) is 31.0 Å². The minimum Gasteiger partial charge on any atom is -0.497 e. The fourth-order valence-corrected chi connectivity index (χ4v) is 6.95. The van der Waals surface area contributed by atoms with Gasteiger partial charge in [0.25, 0.3) is 0 Å². The molecule has 1 amide bonds. The lowest BCUT2D eigenvalue weighted by Crippen LogP contribution is -2.67. The Morgan fingerprint density at radius 2 is 1.89 bits per heavy atom. The third-order valence-electron chi connectivity index (χ3n) is 8.96. The second-order valence-corrected chi connectivity index (χ2v) is 12.2. The van der Waals surface area contributed by atoms with Gasteiger partial charge in [-0.2, -0.15) is 0 Å². The van der Waals surface area contributed by atoms with E-state index >= 15 is 0 Å². The largest absolute Gasteiger partial charge is 0.497 e. The van der Waals surface area contributed by atoms with E-state index in [0.717, 1.165) is 69.3 Å². The summed E-state index contributed by atoms with van der Waals surface area (Å²) in [5.74, 6) is 1.51. The summed E-state index contributed by atoms with van der Waals surface area (Å²) in [7, 11) is 3.80. The van der Waals surface area contributed by atoms with Crippen molar-refractivity contribution in [1.82, 2.24) is 9.80 Å². The van der Waals surface area contributed by atoms with Crippen molar-refractivity contribution in [3.8, 4) is 5.75 Å². The Balaban J connectivity index is 1.48. The molecule has 2 aliphatic rings. The van der Waals surface area contributed by atoms with Crippen LogP contribution in [0.4, 0.5) is 0 Å². The summed E-state index contributed by atoms with van der Waals surface area (Å²) >= 11 is 0. The number of β-amino-alcohol motifs (C(OH)–C–C–N with tert-alkyl or cyclic N) is 1. The number of carbonyl (C=O) groups excluding carboxylic acids is 1. The predicted molar refractivity (Wildman–Crippen MR) is 155 cm³/mol. The van der Waals surface area contributed by atoms with Gasteiger partial charge in [-0.05, 0) is 87.7 Å². The number of aliphatic hydroxyl groups is 1. The molecule has 0 bridgehead atoms. The van der Waals surface area contributed by atoms with Crippen LogP contribution in [-0.2, 0) is 16.6 Å². The number of nitrogens with zero attached hydrogens (tertiary/aromatic N) is 2. The molecule has 2 aromatic carbocycles. The van der Waals surface area contributed by atoms with Crippen molar-refractivity contribution in [2.24, 2.45) is 5.92 Å². The van der Waals surface area contributed by atoms with Gasteiger partial charge in [0.2, 0.25) is 5.91 Å². The number of ether oxygens (including phenoxy) is 1. The number of aryl methyl sites for hydroxylation is 1. The quantitative estimate of drug-likeness (QED) is 0.378. The molecular weight excluding hydrogens is 472 g/mol. The molecule has 4 rings (SSSR count). The molecule has 2 aromatic rings. The minimum absolute atomic E-state index is 0.143. The zero-order valence-corrected chi connectivity index (χ0v) is 24.0. The molecule has 0 radical (unpaired) electrons. The molecule has 3 unspecified atom stereocenters. The fraction of sp³-hybridized carbons (Fsp3) is 0.606. The van der Waals surface area contributed by atoms with Crippen molar-refractivity contribution in [2.45, 2.75) is 88.7 Å². The highest BCUT2D eigenvalue weighted by Gasteiger charge is 2.58. The SMILES string of the molecule is COc1cccc(C23CCN(C)CC2(O)CCC(N(CC(C)C)C(=O)CCCCCc2ccccc2)C3)c1. The Bertz CT molecular complexity index is 1040. The number of carbonyl (C=O) groups is 1. The number of benzene rings is 2. The maximum Gasteiger partial charge on any atom is 0.222 e. The van der Waals surface area contributed by atoms with Crippen LogP contribution >= 0.6 is 0 Å². The van der Waals surface area contributed by atoms with Crippen molar-refractivity contribution in [3.05, 3.63) is 65.7 Å². The van der Waals surface area contributed by atoms with Gasteiger partial charge in [0.05, 0.1) is 12.7 Å². The topological polar surface area (TPSA) is 53.0 Å². The summed E-state index contributed by atoms with van der Waals surface area (Å²) in [6.45, 7) is 6.78. The van der Waals surface area contributed by atoms with E-state index in [2.05, 4.69) is 73.2 Å². The molecule has 1 aliphatic carbocycles. The van der Waals surface area contributed by atoms with Gasteiger partial charge >= 0.3 is 0 Å². The van der Waals surface area contributed by atoms with Crippen LogP contribution in [0.3, 0.4) is 0 Å². The van der Waals surface area contributed by atoms with Crippen molar-refractivity contribution >= 4 is 5.91 Å². The molecular formula is C33H48N2O3. The van der Waals surface area contributed by atoms with Gasteiger partial charge < -0.3 is 19.6 Å². The summed E-state index contributed by atoms with van der Waals surface area (Å²) < 4.78 is 5.58. The van der Waals surface area contributed by atoms with E-state index in [4.69, 9.17) is 4.74 Å². The van der Waals surface area contributed by atoms with E-state index in [-0.39, 0.29) is 17.4 Å². The third kappa shape index (κ3) is 6.43. The van der Waals surface area contributed by atoms with Gasteiger partial charge in [-0.1, -0.05) is 62.7 Å². The number of fused-ring (bicyclic) bond motifs is 1. The lowest BCUT2D eigenvalue weighted by atomic mass is 9.55. The molecule has 1 saturated heterocycles. The predicted octanol–water partition coefficient (Wildman–Crippen LogP) is 5.84. The molecule has 208 valence electrons. The third-order valence-corrected chi connectivity index (χ3v) is 8.96. The molecule has 0 aromatic heterocycles. The first kappa shape index (κ1) is 28.6. The highest BCUT2D eigenvalue weighted by atomic mass is 16.5. The molecule has 1 heterocycles. The van der Waals surface area contributed by atoms with E-state index in [9.17, 15) is 9.90 Å². The van der Waals surface area contributed by atoms with Gasteiger partial charge in [-0.15, -0.1) is 0 Å². The first-order valence-corrected chi connectivity index (χ1v) is 14.7. The Kier molecular flexibility index (Phi) is 9.54. The van der Waals surface area contributed by atoms with Crippen LogP contribution < -0.4 is 4.74 Å². The van der Waals surface area contributed by atoms with Crippen LogP contribution in [0, 0.1) is 5.92 Å². The summed E-state index contributed by atoms with van der Waals surface area (Å²) in [6, 6.07) is 19.0. The van der Waals surface area contributed by atoms with Crippen LogP contribution in [-0.4, -0.2) is 66.2 Å². The fourth-order valence-electron chi connectivity index (χ4n) is 6.95. The van der Waals surface area contributed by atoms with Gasteiger partial charge in [0.15, 0.2) is 0 Å². The Labute approximate surface area is 230 Å². The number of rotatable bonds is 11. The van der Waals surface area contributed by atoms with E-state index in [1.54, 1.807) is 7.11 Å². The van der Waals surface area contributed by atoms with Crippen molar-refractivity contribution in [1.29, 1.82) is 0 Å². The molecule has 38 heavy (non-hydrogen) atoms. The van der Waals surface area contributed by atoms with Crippen LogP contribution in [0.25, 0.3) is 0 Å². The molecule has 1 N–H and O–H groups in total. The van der Waals surface area contributed by atoms with Crippen LogP contribution in [0.1, 0.15) is 76.3 Å². The first-order valence-electron chi connectivity index (χ1n) is 14.7. The lowest BCUT2D eigenvalue weighted by Gasteiger charge is -2.59. The zero-order chi connectivity index (χ0) is 27.2. The second kappa shape index (κ2) is 12.7. The van der Waals surface area contributed by atoms with Gasteiger partial charge in [0.1, 0.15) is 5.75 Å². The van der Waals surface area contributed by atoms with Gasteiger partial charge in [-0.3, -0.25) is 4.79 Å². The number of methoxy groups -OCH3 is 1. The molecule has 3 atom stereocenters. The van der Waals surface area contributed by atoms with E-state index < -0.39 is 5.60 Å². The highest BCUT2D eigenvalue weighted by molar-refractivity contribution is 5.76. The number of piperidine rings is 1. The average molecular weight is 521 g/mol. The number of likely N-dealkylation sites (N-methyl/N-ethyl adjacent to an activating group) is 1. The average Bonchev–Trinajstić information content (AvgIpc) is 2.91. The molecule has 1 aliphatic heterocycles. The Hall–Kier alpha value is -2.37. The number of hydrogen-bond acceptors (Lipinski definition) is 4. The Morgan fingerprint density at radius 3 is 2.63 bits per heavy atom. The van der Waals surface area contributed by atoms with Crippen molar-refractivity contribution in [2.75, 3.05) is 33.8 Å². The van der Waals surface area contributed by atoms with E-state index in [0.29, 0.717) is 25.3 Å². The van der Waals surface area contributed by atoms with Crippen molar-refractivity contribution in [3.63, 3.8) is 0 Å². The number of amides is 1. The number of likely N-dealkylation sites (tertiary alicyclic amines) is 1. The lowest BCUT2D eigenvalue weighted by molar-refractivity contribution is -0.149. The first-order chi connectivity index (χ1) is 18.3. The number of hydrogen-bond donors (Lipinski definition) is 1. The summed E-state index contributed by atoms with van der Waals surface area (Å²) in [5, 5.41) is 12.2. The number of unbranched alkanes of at least 4 members (excludes halogenated alkanes) is 2.